The number of carbonyl (C=O) groups excluding carboxylic acids is 1. The number of hydrogen-bond donors (Lipinski definition) is 0. The van der Waals surface area contributed by atoms with Gasteiger partial charge in [0, 0.05) is 19.6 Å². The van der Waals surface area contributed by atoms with Crippen molar-refractivity contribution >= 4 is 5.91 Å². The predicted molar refractivity (Wildman–Crippen MR) is 86.9 cm³/mol. The second kappa shape index (κ2) is 8.28. The minimum atomic E-state index is -0.248. The van der Waals surface area contributed by atoms with Crippen molar-refractivity contribution in [2.24, 2.45) is 5.92 Å². The third-order valence-electron chi connectivity index (χ3n) is 4.11. The molecule has 1 amide bonds. The zero-order valence-corrected chi connectivity index (χ0v) is 13.7. The summed E-state index contributed by atoms with van der Waals surface area (Å²) in [7, 11) is 0. The van der Waals surface area contributed by atoms with Crippen molar-refractivity contribution in [2.45, 2.75) is 39.7 Å². The van der Waals surface area contributed by atoms with Gasteiger partial charge in [0.25, 0.3) is 0 Å². The molecule has 1 aliphatic rings. The van der Waals surface area contributed by atoms with Crippen molar-refractivity contribution in [1.29, 1.82) is 0 Å². The molecule has 0 bridgehead atoms. The Kier molecular flexibility index (Phi) is 6.37. The van der Waals surface area contributed by atoms with Crippen LogP contribution in [0, 0.1) is 11.7 Å². The van der Waals surface area contributed by atoms with E-state index in [0.29, 0.717) is 19.6 Å². The highest BCUT2D eigenvalue weighted by Gasteiger charge is 2.25. The van der Waals surface area contributed by atoms with Gasteiger partial charge in [-0.1, -0.05) is 19.1 Å². The molecule has 0 N–H and O–H groups in total. The molecule has 1 aromatic rings. The normalized spacial score (nSPS) is 14.4. The van der Waals surface area contributed by atoms with E-state index in [1.54, 1.807) is 6.07 Å². The molecule has 1 aromatic carbocycles. The highest BCUT2D eigenvalue weighted by Crippen LogP contribution is 2.29. The van der Waals surface area contributed by atoms with Crippen molar-refractivity contribution in [3.8, 4) is 0 Å². The van der Waals surface area contributed by atoms with E-state index in [0.717, 1.165) is 31.0 Å². The first-order valence-electron chi connectivity index (χ1n) is 8.37. The largest absolute Gasteiger partial charge is 0.338 e. The van der Waals surface area contributed by atoms with E-state index in [-0.39, 0.29) is 11.7 Å². The topological polar surface area (TPSA) is 23.6 Å². The fourth-order valence-corrected chi connectivity index (χ4v) is 2.74. The van der Waals surface area contributed by atoms with Crippen LogP contribution < -0.4 is 0 Å². The Morgan fingerprint density at radius 2 is 2.09 bits per heavy atom. The van der Waals surface area contributed by atoms with Crippen LogP contribution in [0.4, 0.5) is 4.39 Å². The van der Waals surface area contributed by atoms with Crippen molar-refractivity contribution in [3.63, 3.8) is 0 Å². The van der Waals surface area contributed by atoms with Crippen molar-refractivity contribution in [2.75, 3.05) is 26.2 Å². The number of amides is 1. The molecule has 1 aliphatic carbocycles. The average Bonchev–Trinajstić information content (AvgIpc) is 3.29. The van der Waals surface area contributed by atoms with Crippen molar-refractivity contribution in [3.05, 3.63) is 35.6 Å². The highest BCUT2D eigenvalue weighted by molar-refractivity contribution is 5.78. The van der Waals surface area contributed by atoms with Gasteiger partial charge in [-0.25, -0.2) is 4.39 Å². The molecule has 4 heteroatoms. The van der Waals surface area contributed by atoms with Gasteiger partial charge < -0.3 is 4.90 Å². The van der Waals surface area contributed by atoms with Crippen molar-refractivity contribution in [1.82, 2.24) is 9.80 Å². The Morgan fingerprint density at radius 1 is 1.32 bits per heavy atom. The Balaban J connectivity index is 1.91. The van der Waals surface area contributed by atoms with Crippen LogP contribution in [0.3, 0.4) is 0 Å². The molecular formula is C18H27FN2O. The molecule has 2 rings (SSSR count). The van der Waals surface area contributed by atoms with E-state index in [1.165, 1.54) is 25.0 Å². The van der Waals surface area contributed by atoms with Crippen LogP contribution in [-0.2, 0) is 11.3 Å². The van der Waals surface area contributed by atoms with Crippen LogP contribution in [-0.4, -0.2) is 41.9 Å². The standard InChI is InChI=1S/C18H27FN2O/c1-3-10-20(12-15-8-9-15)14-18(22)21(4-2)13-16-6-5-7-17(19)11-16/h5-7,11,15H,3-4,8-10,12-14H2,1-2H3. The summed E-state index contributed by atoms with van der Waals surface area (Å²) in [5.74, 6) is 0.681. The first-order valence-corrected chi connectivity index (χ1v) is 8.37. The molecule has 1 fully saturated rings. The molecule has 1 saturated carbocycles. The summed E-state index contributed by atoms with van der Waals surface area (Å²) in [6, 6.07) is 6.50. The first kappa shape index (κ1) is 16.9. The Morgan fingerprint density at radius 3 is 2.68 bits per heavy atom. The smallest absolute Gasteiger partial charge is 0.237 e. The maximum absolute atomic E-state index is 13.3. The van der Waals surface area contributed by atoms with Crippen LogP contribution in [0.15, 0.2) is 24.3 Å². The quantitative estimate of drug-likeness (QED) is 0.699. The monoisotopic (exact) mass is 306 g/mol. The summed E-state index contributed by atoms with van der Waals surface area (Å²) in [6.07, 6.45) is 3.67. The molecule has 3 nitrogen and oxygen atoms in total. The molecule has 22 heavy (non-hydrogen) atoms. The molecule has 0 heterocycles. The lowest BCUT2D eigenvalue weighted by Gasteiger charge is -2.26. The number of benzene rings is 1. The summed E-state index contributed by atoms with van der Waals surface area (Å²) in [4.78, 5) is 16.6. The lowest BCUT2D eigenvalue weighted by atomic mass is 10.2. The van der Waals surface area contributed by atoms with Crippen LogP contribution in [0.5, 0.6) is 0 Å². The minimum absolute atomic E-state index is 0.140. The van der Waals surface area contributed by atoms with Crippen LogP contribution in [0.2, 0.25) is 0 Å². The molecule has 0 atom stereocenters. The van der Waals surface area contributed by atoms with Gasteiger partial charge in [-0.2, -0.15) is 0 Å². The van der Waals surface area contributed by atoms with Gasteiger partial charge in [-0.15, -0.1) is 0 Å². The average molecular weight is 306 g/mol. The number of likely N-dealkylation sites (N-methyl/N-ethyl adjacent to an activating group) is 1. The zero-order valence-electron chi connectivity index (χ0n) is 13.7. The number of rotatable bonds is 9. The van der Waals surface area contributed by atoms with E-state index in [1.807, 2.05) is 17.9 Å². The summed E-state index contributed by atoms with van der Waals surface area (Å²) >= 11 is 0. The van der Waals surface area contributed by atoms with Gasteiger partial charge in [0.2, 0.25) is 5.91 Å². The number of hydrogen-bond acceptors (Lipinski definition) is 2. The summed E-state index contributed by atoms with van der Waals surface area (Å²) in [5, 5.41) is 0. The second-order valence-corrected chi connectivity index (χ2v) is 6.22. The maximum atomic E-state index is 13.3. The molecule has 0 aliphatic heterocycles. The third kappa shape index (κ3) is 5.41. The molecule has 0 saturated heterocycles. The minimum Gasteiger partial charge on any atom is -0.338 e. The summed E-state index contributed by atoms with van der Waals surface area (Å²) < 4.78 is 13.3. The number of carbonyl (C=O) groups is 1. The van der Waals surface area contributed by atoms with Gasteiger partial charge in [-0.3, -0.25) is 9.69 Å². The molecule has 0 unspecified atom stereocenters. The summed E-state index contributed by atoms with van der Waals surface area (Å²) in [6.45, 7) is 7.75. The third-order valence-corrected chi connectivity index (χ3v) is 4.11. The highest BCUT2D eigenvalue weighted by atomic mass is 19.1. The molecule has 0 spiro atoms. The maximum Gasteiger partial charge on any atom is 0.237 e. The van der Waals surface area contributed by atoms with Gasteiger partial charge in [-0.05, 0) is 56.3 Å². The Hall–Kier alpha value is -1.42. The van der Waals surface area contributed by atoms with Gasteiger partial charge in [0.15, 0.2) is 0 Å². The fraction of sp³-hybridized carbons (Fsp3) is 0.611. The van der Waals surface area contributed by atoms with E-state index in [4.69, 9.17) is 0 Å². The Bertz CT molecular complexity index is 488. The van der Waals surface area contributed by atoms with E-state index >= 15 is 0 Å². The van der Waals surface area contributed by atoms with E-state index < -0.39 is 0 Å². The molecular weight excluding hydrogens is 279 g/mol. The van der Waals surface area contributed by atoms with Crippen molar-refractivity contribution < 1.29 is 9.18 Å². The lowest BCUT2D eigenvalue weighted by molar-refractivity contribution is -0.132. The first-order chi connectivity index (χ1) is 10.6. The summed E-state index contributed by atoms with van der Waals surface area (Å²) in [5.41, 5.74) is 0.847. The van der Waals surface area contributed by atoms with Crippen LogP contribution >= 0.6 is 0 Å². The molecule has 122 valence electrons. The molecule has 0 radical (unpaired) electrons. The predicted octanol–water partition coefficient (Wildman–Crippen LogP) is 3.30. The van der Waals surface area contributed by atoms with E-state index in [9.17, 15) is 9.18 Å². The van der Waals surface area contributed by atoms with Crippen LogP contribution in [0.25, 0.3) is 0 Å². The second-order valence-electron chi connectivity index (χ2n) is 6.22. The van der Waals surface area contributed by atoms with Gasteiger partial charge >= 0.3 is 0 Å². The SMILES string of the molecule is CCCN(CC(=O)N(CC)Cc1cccc(F)c1)CC1CC1. The number of nitrogens with zero attached hydrogens (tertiary/aromatic N) is 2. The number of halogens is 1. The zero-order chi connectivity index (χ0) is 15.9. The van der Waals surface area contributed by atoms with Crippen LogP contribution in [0.1, 0.15) is 38.7 Å². The molecule has 0 aromatic heterocycles. The van der Waals surface area contributed by atoms with Gasteiger partial charge in [0.1, 0.15) is 5.82 Å². The Labute approximate surface area is 133 Å². The van der Waals surface area contributed by atoms with E-state index in [2.05, 4.69) is 11.8 Å². The lowest BCUT2D eigenvalue weighted by Crippen LogP contribution is -2.41. The van der Waals surface area contributed by atoms with Gasteiger partial charge in [0.05, 0.1) is 6.54 Å². The fourth-order valence-electron chi connectivity index (χ4n) is 2.74.